The fourth-order valence-electron chi connectivity index (χ4n) is 1.87. The molecular weight excluding hydrogens is 306 g/mol. The van der Waals surface area contributed by atoms with Crippen molar-refractivity contribution in [2.75, 3.05) is 18.4 Å². The minimum atomic E-state index is -0.530. The molecule has 2 aromatic rings. The molecule has 0 unspecified atom stereocenters. The number of hydrogen-bond acceptors (Lipinski definition) is 5. The van der Waals surface area contributed by atoms with Gasteiger partial charge in [0.1, 0.15) is 5.00 Å². The first-order valence-electron chi connectivity index (χ1n) is 6.52. The molecule has 0 fully saturated rings. The number of hydrogen-bond donors (Lipinski definition) is 2. The van der Waals surface area contributed by atoms with Crippen LogP contribution in [0, 0.1) is 0 Å². The molecular formula is C14H17N3O2S2. The van der Waals surface area contributed by atoms with Crippen LogP contribution in [0.3, 0.4) is 0 Å². The first-order valence-corrected chi connectivity index (χ1v) is 8.28. The second-order valence-corrected chi connectivity index (χ2v) is 6.41. The summed E-state index contributed by atoms with van der Waals surface area (Å²) in [5.74, 6) is -0.671. The minimum absolute atomic E-state index is 0.140. The molecule has 0 saturated heterocycles. The van der Waals surface area contributed by atoms with Crippen LogP contribution in [-0.2, 0) is 11.3 Å². The lowest BCUT2D eigenvalue weighted by molar-refractivity contribution is -0.117. The summed E-state index contributed by atoms with van der Waals surface area (Å²) >= 11 is 2.97. The second-order valence-electron chi connectivity index (χ2n) is 4.46. The van der Waals surface area contributed by atoms with Crippen molar-refractivity contribution < 1.29 is 9.59 Å². The molecule has 2 rings (SSSR count). The molecule has 7 heteroatoms. The third kappa shape index (κ3) is 4.38. The summed E-state index contributed by atoms with van der Waals surface area (Å²) in [7, 11) is 0. The Morgan fingerprint density at radius 2 is 2.10 bits per heavy atom. The Morgan fingerprint density at radius 1 is 1.29 bits per heavy atom. The van der Waals surface area contributed by atoms with Crippen LogP contribution in [0.4, 0.5) is 5.00 Å². The molecule has 2 amide bonds. The summed E-state index contributed by atoms with van der Waals surface area (Å²) in [4.78, 5) is 26.6. The van der Waals surface area contributed by atoms with Gasteiger partial charge < -0.3 is 11.1 Å². The number of anilines is 1. The molecule has 21 heavy (non-hydrogen) atoms. The quantitative estimate of drug-likeness (QED) is 0.821. The van der Waals surface area contributed by atoms with Crippen molar-refractivity contribution in [3.63, 3.8) is 0 Å². The predicted molar refractivity (Wildman–Crippen MR) is 86.7 cm³/mol. The van der Waals surface area contributed by atoms with Gasteiger partial charge in [-0.1, -0.05) is 13.0 Å². The normalized spacial score (nSPS) is 10.8. The highest BCUT2D eigenvalue weighted by atomic mass is 32.1. The minimum Gasteiger partial charge on any atom is -0.366 e. The lowest BCUT2D eigenvalue weighted by atomic mass is 10.3. The Labute approximate surface area is 131 Å². The summed E-state index contributed by atoms with van der Waals surface area (Å²) in [6, 6.07) is 5.67. The van der Waals surface area contributed by atoms with Crippen LogP contribution in [0.2, 0.25) is 0 Å². The largest absolute Gasteiger partial charge is 0.366 e. The zero-order valence-electron chi connectivity index (χ0n) is 11.7. The van der Waals surface area contributed by atoms with Crippen molar-refractivity contribution in [3.8, 4) is 0 Å². The topological polar surface area (TPSA) is 75.4 Å². The van der Waals surface area contributed by atoms with E-state index in [0.29, 0.717) is 10.6 Å². The maximum atomic E-state index is 12.1. The first kappa shape index (κ1) is 15.7. The van der Waals surface area contributed by atoms with Crippen LogP contribution >= 0.6 is 22.7 Å². The number of carbonyl (C=O) groups is 2. The highest BCUT2D eigenvalue weighted by Gasteiger charge is 2.15. The van der Waals surface area contributed by atoms with E-state index >= 15 is 0 Å². The van der Waals surface area contributed by atoms with Gasteiger partial charge in [0.25, 0.3) is 5.91 Å². The van der Waals surface area contributed by atoms with Gasteiger partial charge in [0.15, 0.2) is 0 Å². The summed E-state index contributed by atoms with van der Waals surface area (Å²) in [6.45, 7) is 3.82. The van der Waals surface area contributed by atoms with Crippen LogP contribution in [0.5, 0.6) is 0 Å². The molecule has 0 bridgehead atoms. The molecule has 0 radical (unpaired) electrons. The van der Waals surface area contributed by atoms with E-state index in [0.717, 1.165) is 13.1 Å². The standard InChI is InChI=1S/C14H17N3O2S2/c1-2-17(8-10-4-3-6-20-10)9-12(18)16-14-11(13(15)19)5-7-21-14/h3-7H,2,8-9H2,1H3,(H2,15,19)(H,16,18). The highest BCUT2D eigenvalue weighted by Crippen LogP contribution is 2.22. The lowest BCUT2D eigenvalue weighted by Crippen LogP contribution is -2.32. The Morgan fingerprint density at radius 3 is 2.71 bits per heavy atom. The van der Waals surface area contributed by atoms with Gasteiger partial charge in [-0.2, -0.15) is 0 Å². The molecule has 0 aromatic carbocycles. The summed E-state index contributed by atoms with van der Waals surface area (Å²) in [6.07, 6.45) is 0. The van der Waals surface area contributed by atoms with Crippen LogP contribution in [0.15, 0.2) is 29.0 Å². The number of primary amides is 1. The molecule has 0 aliphatic heterocycles. The van der Waals surface area contributed by atoms with Gasteiger partial charge in [-0.05, 0) is 29.4 Å². The van der Waals surface area contributed by atoms with Gasteiger partial charge in [0.2, 0.25) is 5.91 Å². The van der Waals surface area contributed by atoms with Crippen molar-refractivity contribution in [3.05, 3.63) is 39.4 Å². The third-order valence-electron chi connectivity index (χ3n) is 2.96. The van der Waals surface area contributed by atoms with Gasteiger partial charge in [0, 0.05) is 11.4 Å². The first-order chi connectivity index (χ1) is 10.1. The molecule has 0 saturated carbocycles. The van der Waals surface area contributed by atoms with Crippen LogP contribution < -0.4 is 11.1 Å². The molecule has 112 valence electrons. The molecule has 0 aliphatic rings. The zero-order valence-corrected chi connectivity index (χ0v) is 13.3. The van der Waals surface area contributed by atoms with E-state index in [-0.39, 0.29) is 12.5 Å². The van der Waals surface area contributed by atoms with E-state index in [1.807, 2.05) is 23.3 Å². The average Bonchev–Trinajstić information content (AvgIpc) is 3.09. The Kier molecular flexibility index (Phi) is 5.49. The summed E-state index contributed by atoms with van der Waals surface area (Å²) in [5.41, 5.74) is 5.62. The fraction of sp³-hybridized carbons (Fsp3) is 0.286. The van der Waals surface area contributed by atoms with E-state index < -0.39 is 5.91 Å². The van der Waals surface area contributed by atoms with Gasteiger partial charge in [-0.3, -0.25) is 14.5 Å². The van der Waals surface area contributed by atoms with Crippen molar-refractivity contribution in [1.29, 1.82) is 0 Å². The fourth-order valence-corrected chi connectivity index (χ4v) is 3.43. The number of nitrogens with zero attached hydrogens (tertiary/aromatic N) is 1. The Hall–Kier alpha value is -1.70. The maximum absolute atomic E-state index is 12.1. The monoisotopic (exact) mass is 323 g/mol. The van der Waals surface area contributed by atoms with E-state index in [9.17, 15) is 9.59 Å². The van der Waals surface area contributed by atoms with Crippen molar-refractivity contribution in [1.82, 2.24) is 4.90 Å². The smallest absolute Gasteiger partial charge is 0.251 e. The predicted octanol–water partition coefficient (Wildman–Crippen LogP) is 2.37. The second kappa shape index (κ2) is 7.35. The average molecular weight is 323 g/mol. The SMILES string of the molecule is CCN(CC(=O)Nc1sccc1C(N)=O)Cc1cccs1. The van der Waals surface area contributed by atoms with Crippen molar-refractivity contribution in [2.45, 2.75) is 13.5 Å². The molecule has 5 nitrogen and oxygen atoms in total. The van der Waals surface area contributed by atoms with Crippen LogP contribution in [-0.4, -0.2) is 29.8 Å². The maximum Gasteiger partial charge on any atom is 0.251 e. The summed E-state index contributed by atoms with van der Waals surface area (Å²) in [5, 5.41) is 7.03. The van der Waals surface area contributed by atoms with E-state index in [2.05, 4.69) is 11.4 Å². The molecule has 3 N–H and O–H groups in total. The zero-order chi connectivity index (χ0) is 15.2. The highest BCUT2D eigenvalue weighted by molar-refractivity contribution is 7.14. The number of likely N-dealkylation sites (N-methyl/N-ethyl adjacent to an activating group) is 1. The number of thiophene rings is 2. The number of nitrogens with one attached hydrogen (secondary N) is 1. The molecule has 0 atom stereocenters. The van der Waals surface area contributed by atoms with Crippen molar-refractivity contribution in [2.24, 2.45) is 5.73 Å². The van der Waals surface area contributed by atoms with E-state index in [1.54, 1.807) is 22.8 Å². The number of amides is 2. The van der Waals surface area contributed by atoms with Gasteiger partial charge in [-0.25, -0.2) is 0 Å². The number of nitrogens with two attached hydrogens (primary N) is 1. The summed E-state index contributed by atoms with van der Waals surface area (Å²) < 4.78 is 0. The number of rotatable bonds is 7. The molecule has 0 spiro atoms. The third-order valence-corrected chi connectivity index (χ3v) is 4.65. The van der Waals surface area contributed by atoms with Crippen molar-refractivity contribution >= 4 is 39.5 Å². The van der Waals surface area contributed by atoms with Crippen LogP contribution in [0.25, 0.3) is 0 Å². The van der Waals surface area contributed by atoms with Gasteiger partial charge in [-0.15, -0.1) is 22.7 Å². The van der Waals surface area contributed by atoms with Gasteiger partial charge in [0.05, 0.1) is 12.1 Å². The molecule has 2 heterocycles. The molecule has 0 aliphatic carbocycles. The van der Waals surface area contributed by atoms with E-state index in [1.165, 1.54) is 16.2 Å². The van der Waals surface area contributed by atoms with Crippen LogP contribution in [0.1, 0.15) is 22.2 Å². The van der Waals surface area contributed by atoms with E-state index in [4.69, 9.17) is 5.73 Å². The van der Waals surface area contributed by atoms with Gasteiger partial charge >= 0.3 is 0 Å². The lowest BCUT2D eigenvalue weighted by Gasteiger charge is -2.18. The Balaban J connectivity index is 1.93. The Bertz CT molecular complexity index is 608. The number of carbonyl (C=O) groups excluding carboxylic acids is 2. The molecule has 2 aromatic heterocycles.